The maximum Gasteiger partial charge on any atom is 0.341 e. The molecular formula is C15H22F2N2O2S. The zero-order valence-corrected chi connectivity index (χ0v) is 13.5. The fourth-order valence-electron chi connectivity index (χ4n) is 2.70. The number of hydrogen-bond donors (Lipinski definition) is 1. The summed E-state index contributed by atoms with van der Waals surface area (Å²) in [5, 5.41) is 3.27. The molecule has 0 amide bonds. The standard InChI is InChI=1S/C15H22F2N2O2S/c1-12(11-19-9-3-2-4-10-19)18-13-5-7-14(8-6-13)22(20,21)15(16)17/h5-8,12,15,18H,2-4,9-11H2,1H3. The van der Waals surface area contributed by atoms with Gasteiger partial charge in [0.15, 0.2) is 0 Å². The first-order valence-corrected chi connectivity index (χ1v) is 9.05. The van der Waals surface area contributed by atoms with Gasteiger partial charge in [0, 0.05) is 18.3 Å². The van der Waals surface area contributed by atoms with Crippen LogP contribution in [0.3, 0.4) is 0 Å². The zero-order chi connectivity index (χ0) is 16.2. The third kappa shape index (κ3) is 4.39. The van der Waals surface area contributed by atoms with Crippen molar-refractivity contribution >= 4 is 15.5 Å². The van der Waals surface area contributed by atoms with Crippen LogP contribution in [-0.2, 0) is 9.84 Å². The fourth-order valence-corrected chi connectivity index (χ4v) is 3.42. The first-order chi connectivity index (χ1) is 10.4. The largest absolute Gasteiger partial charge is 0.381 e. The van der Waals surface area contributed by atoms with Crippen molar-refractivity contribution in [2.24, 2.45) is 0 Å². The number of sulfone groups is 1. The second-order valence-corrected chi connectivity index (χ2v) is 7.65. The molecule has 2 rings (SSSR count). The maximum absolute atomic E-state index is 12.5. The van der Waals surface area contributed by atoms with Crippen molar-refractivity contribution in [3.63, 3.8) is 0 Å². The van der Waals surface area contributed by atoms with Crippen molar-refractivity contribution in [3.8, 4) is 0 Å². The van der Waals surface area contributed by atoms with E-state index in [2.05, 4.69) is 17.1 Å². The first kappa shape index (κ1) is 17.1. The van der Waals surface area contributed by atoms with E-state index >= 15 is 0 Å². The van der Waals surface area contributed by atoms with Crippen LogP contribution in [0.2, 0.25) is 0 Å². The number of anilines is 1. The van der Waals surface area contributed by atoms with Crippen molar-refractivity contribution < 1.29 is 17.2 Å². The van der Waals surface area contributed by atoms with E-state index in [0.717, 1.165) is 25.3 Å². The SMILES string of the molecule is CC(CN1CCCCC1)Nc1ccc(S(=O)(=O)C(F)F)cc1. The van der Waals surface area contributed by atoms with Gasteiger partial charge >= 0.3 is 5.76 Å². The van der Waals surface area contributed by atoms with Gasteiger partial charge in [-0.2, -0.15) is 8.78 Å². The molecule has 0 radical (unpaired) electrons. The van der Waals surface area contributed by atoms with Crippen LogP contribution < -0.4 is 5.32 Å². The molecule has 1 aliphatic heterocycles. The van der Waals surface area contributed by atoms with Crippen molar-refractivity contribution in [3.05, 3.63) is 24.3 Å². The Labute approximate surface area is 130 Å². The number of benzene rings is 1. The minimum atomic E-state index is -4.51. The van der Waals surface area contributed by atoms with Crippen LogP contribution >= 0.6 is 0 Å². The Morgan fingerprint density at radius 2 is 1.73 bits per heavy atom. The second-order valence-electron chi connectivity index (χ2n) is 5.74. The summed E-state index contributed by atoms with van der Waals surface area (Å²) in [6.07, 6.45) is 3.75. The van der Waals surface area contributed by atoms with Crippen LogP contribution in [0.1, 0.15) is 26.2 Å². The van der Waals surface area contributed by atoms with Crippen molar-refractivity contribution in [1.82, 2.24) is 4.90 Å². The summed E-state index contributed by atoms with van der Waals surface area (Å²) in [7, 11) is -4.51. The molecule has 1 atom stereocenters. The molecule has 0 bridgehead atoms. The van der Waals surface area contributed by atoms with Crippen LogP contribution in [0.15, 0.2) is 29.2 Å². The topological polar surface area (TPSA) is 49.4 Å². The Morgan fingerprint density at radius 1 is 1.14 bits per heavy atom. The van der Waals surface area contributed by atoms with E-state index in [-0.39, 0.29) is 10.9 Å². The zero-order valence-electron chi connectivity index (χ0n) is 12.6. The number of hydrogen-bond acceptors (Lipinski definition) is 4. The number of halogens is 2. The molecule has 0 saturated carbocycles. The van der Waals surface area contributed by atoms with E-state index in [0.29, 0.717) is 0 Å². The Bertz CT molecular complexity index is 570. The van der Waals surface area contributed by atoms with E-state index < -0.39 is 15.6 Å². The van der Waals surface area contributed by atoms with Gasteiger partial charge in [0.1, 0.15) is 0 Å². The summed E-state index contributed by atoms with van der Waals surface area (Å²) in [5.41, 5.74) is 0.734. The molecule has 7 heteroatoms. The van der Waals surface area contributed by atoms with E-state index in [4.69, 9.17) is 0 Å². The predicted octanol–water partition coefficient (Wildman–Crippen LogP) is 2.97. The third-order valence-electron chi connectivity index (χ3n) is 3.81. The molecule has 1 N–H and O–H groups in total. The van der Waals surface area contributed by atoms with Crippen molar-refractivity contribution in [1.29, 1.82) is 0 Å². The molecule has 124 valence electrons. The van der Waals surface area contributed by atoms with Gasteiger partial charge < -0.3 is 10.2 Å². The number of likely N-dealkylation sites (tertiary alicyclic amines) is 1. The molecule has 1 unspecified atom stereocenters. The summed E-state index contributed by atoms with van der Waals surface area (Å²) in [6.45, 7) is 5.19. The number of piperidine rings is 1. The van der Waals surface area contributed by atoms with Gasteiger partial charge in [-0.1, -0.05) is 6.42 Å². The van der Waals surface area contributed by atoms with E-state index in [9.17, 15) is 17.2 Å². The Balaban J connectivity index is 1.93. The molecule has 1 aromatic carbocycles. The number of nitrogens with one attached hydrogen (secondary N) is 1. The van der Waals surface area contributed by atoms with Crippen molar-refractivity contribution in [2.45, 2.75) is 42.9 Å². The normalized spacial score (nSPS) is 18.4. The summed E-state index contributed by atoms with van der Waals surface area (Å²) in [6, 6.07) is 5.70. The molecule has 1 heterocycles. The smallest absolute Gasteiger partial charge is 0.341 e. The minimum Gasteiger partial charge on any atom is -0.381 e. The fraction of sp³-hybridized carbons (Fsp3) is 0.600. The van der Waals surface area contributed by atoms with Gasteiger partial charge in [0.05, 0.1) is 4.90 Å². The average Bonchev–Trinajstić information content (AvgIpc) is 2.48. The highest BCUT2D eigenvalue weighted by molar-refractivity contribution is 7.91. The predicted molar refractivity (Wildman–Crippen MR) is 83.0 cm³/mol. The number of alkyl halides is 2. The molecule has 0 aliphatic carbocycles. The van der Waals surface area contributed by atoms with E-state index in [1.165, 1.54) is 43.5 Å². The highest BCUT2D eigenvalue weighted by Crippen LogP contribution is 2.20. The first-order valence-electron chi connectivity index (χ1n) is 7.50. The van der Waals surface area contributed by atoms with Crippen LogP contribution in [0.4, 0.5) is 14.5 Å². The van der Waals surface area contributed by atoms with Gasteiger partial charge in [-0.3, -0.25) is 0 Å². The molecule has 0 spiro atoms. The van der Waals surface area contributed by atoms with Gasteiger partial charge in [0.2, 0.25) is 9.84 Å². The molecule has 1 aliphatic rings. The lowest BCUT2D eigenvalue weighted by Gasteiger charge is -2.29. The molecule has 4 nitrogen and oxygen atoms in total. The Morgan fingerprint density at radius 3 is 2.27 bits per heavy atom. The van der Waals surface area contributed by atoms with Gasteiger partial charge in [-0.05, 0) is 57.1 Å². The quantitative estimate of drug-likeness (QED) is 0.870. The monoisotopic (exact) mass is 332 g/mol. The lowest BCUT2D eigenvalue weighted by Crippen LogP contribution is -2.38. The van der Waals surface area contributed by atoms with Gasteiger partial charge in [-0.25, -0.2) is 8.42 Å². The number of nitrogens with zero attached hydrogens (tertiary/aromatic N) is 1. The Hall–Kier alpha value is -1.21. The van der Waals surface area contributed by atoms with Crippen LogP contribution in [0, 0.1) is 0 Å². The minimum absolute atomic E-state index is 0.204. The van der Waals surface area contributed by atoms with E-state index in [1.807, 2.05) is 0 Å². The number of rotatable bonds is 6. The molecule has 0 aromatic heterocycles. The molecular weight excluding hydrogens is 310 g/mol. The van der Waals surface area contributed by atoms with Crippen molar-refractivity contribution in [2.75, 3.05) is 25.0 Å². The summed E-state index contributed by atoms with van der Waals surface area (Å²) < 4.78 is 47.6. The maximum atomic E-state index is 12.5. The lowest BCUT2D eigenvalue weighted by atomic mass is 10.1. The Kier molecular flexibility index (Phi) is 5.74. The average molecular weight is 332 g/mol. The second kappa shape index (κ2) is 7.37. The van der Waals surface area contributed by atoms with Crippen LogP contribution in [0.5, 0.6) is 0 Å². The lowest BCUT2D eigenvalue weighted by molar-refractivity contribution is 0.223. The summed E-state index contributed by atoms with van der Waals surface area (Å²) in [5.74, 6) is -3.38. The van der Waals surface area contributed by atoms with Gasteiger partial charge in [0.25, 0.3) is 0 Å². The molecule has 1 aromatic rings. The van der Waals surface area contributed by atoms with Crippen LogP contribution in [0.25, 0.3) is 0 Å². The molecule has 1 fully saturated rings. The summed E-state index contributed by atoms with van der Waals surface area (Å²) in [4.78, 5) is 2.05. The van der Waals surface area contributed by atoms with Crippen LogP contribution in [-0.4, -0.2) is 44.8 Å². The summed E-state index contributed by atoms with van der Waals surface area (Å²) >= 11 is 0. The highest BCUT2D eigenvalue weighted by Gasteiger charge is 2.26. The third-order valence-corrected chi connectivity index (χ3v) is 5.21. The highest BCUT2D eigenvalue weighted by atomic mass is 32.2. The molecule has 22 heavy (non-hydrogen) atoms. The van der Waals surface area contributed by atoms with E-state index in [1.54, 1.807) is 0 Å². The van der Waals surface area contributed by atoms with Gasteiger partial charge in [-0.15, -0.1) is 0 Å². The molecule has 1 saturated heterocycles.